The molecule has 7 nitrogen and oxygen atoms in total. The van der Waals surface area contributed by atoms with Gasteiger partial charge in [-0.25, -0.2) is 23.2 Å². The summed E-state index contributed by atoms with van der Waals surface area (Å²) in [5.74, 6) is -0.493. The first kappa shape index (κ1) is 16.2. The first-order chi connectivity index (χ1) is 12.0. The zero-order valence-electron chi connectivity index (χ0n) is 13.6. The van der Waals surface area contributed by atoms with Gasteiger partial charge in [0.05, 0.1) is 29.3 Å². The number of rotatable bonds is 3. The molecule has 8 heteroatoms. The molecule has 0 radical (unpaired) electrons. The number of sulfonamides is 1. The second-order valence-corrected chi connectivity index (χ2v) is 8.07. The molecule has 0 saturated carbocycles. The van der Waals surface area contributed by atoms with Crippen molar-refractivity contribution in [2.45, 2.75) is 36.2 Å². The molecular weight excluding hydrogens is 342 g/mol. The predicted molar refractivity (Wildman–Crippen MR) is 88.3 cm³/mol. The van der Waals surface area contributed by atoms with Gasteiger partial charge in [0.15, 0.2) is 0 Å². The van der Waals surface area contributed by atoms with Crippen LogP contribution in [0.2, 0.25) is 0 Å². The van der Waals surface area contributed by atoms with Crippen molar-refractivity contribution in [2.75, 3.05) is 7.11 Å². The van der Waals surface area contributed by atoms with E-state index in [1.807, 2.05) is 0 Å². The molecule has 0 spiro atoms. The molecule has 130 valence electrons. The van der Waals surface area contributed by atoms with E-state index in [0.717, 1.165) is 24.1 Å². The van der Waals surface area contributed by atoms with Crippen LogP contribution in [0.4, 0.5) is 0 Å². The largest absolute Gasteiger partial charge is 0.465 e. The third kappa shape index (κ3) is 2.52. The Balaban J connectivity index is 1.71. The number of fused-ring (bicyclic) bond motifs is 4. The normalized spacial score (nSPS) is 22.4. The van der Waals surface area contributed by atoms with Gasteiger partial charge >= 0.3 is 5.97 Å². The van der Waals surface area contributed by atoms with Crippen molar-refractivity contribution in [1.82, 2.24) is 14.3 Å². The Hall–Kier alpha value is -2.32. The van der Waals surface area contributed by atoms with E-state index < -0.39 is 16.0 Å². The van der Waals surface area contributed by atoms with Crippen molar-refractivity contribution in [3.05, 3.63) is 53.6 Å². The SMILES string of the molecule is COC(=O)c1ccc(S(=O)(=O)N2C3CCC2c2cncnc2C3)cc1. The van der Waals surface area contributed by atoms with Crippen molar-refractivity contribution in [3.8, 4) is 0 Å². The van der Waals surface area contributed by atoms with Crippen LogP contribution >= 0.6 is 0 Å². The summed E-state index contributed by atoms with van der Waals surface area (Å²) >= 11 is 0. The summed E-state index contributed by atoms with van der Waals surface area (Å²) in [6.07, 6.45) is 5.41. The van der Waals surface area contributed by atoms with Crippen LogP contribution in [-0.4, -0.2) is 41.8 Å². The second kappa shape index (κ2) is 5.89. The lowest BCUT2D eigenvalue weighted by Gasteiger charge is -2.34. The van der Waals surface area contributed by atoms with E-state index in [0.29, 0.717) is 12.0 Å². The quantitative estimate of drug-likeness (QED) is 0.775. The van der Waals surface area contributed by atoms with Gasteiger partial charge in [-0.3, -0.25) is 0 Å². The van der Waals surface area contributed by atoms with Crippen LogP contribution in [0.3, 0.4) is 0 Å². The summed E-state index contributed by atoms with van der Waals surface area (Å²) in [6.45, 7) is 0. The fourth-order valence-electron chi connectivity index (χ4n) is 3.75. The van der Waals surface area contributed by atoms with Gasteiger partial charge in [-0.2, -0.15) is 4.31 Å². The summed E-state index contributed by atoms with van der Waals surface area (Å²) in [4.78, 5) is 20.1. The summed E-state index contributed by atoms with van der Waals surface area (Å²) in [5, 5.41) is 0. The number of benzene rings is 1. The van der Waals surface area contributed by atoms with E-state index >= 15 is 0 Å². The van der Waals surface area contributed by atoms with Crippen LogP contribution in [0.5, 0.6) is 0 Å². The van der Waals surface area contributed by atoms with Crippen molar-refractivity contribution in [3.63, 3.8) is 0 Å². The Bertz CT molecular complexity index is 927. The van der Waals surface area contributed by atoms with Crippen molar-refractivity contribution < 1.29 is 17.9 Å². The highest BCUT2D eigenvalue weighted by molar-refractivity contribution is 7.89. The molecule has 2 unspecified atom stereocenters. The monoisotopic (exact) mass is 359 g/mol. The summed E-state index contributed by atoms with van der Waals surface area (Å²) in [5.41, 5.74) is 2.16. The average molecular weight is 359 g/mol. The van der Waals surface area contributed by atoms with Gasteiger partial charge in [0.1, 0.15) is 6.33 Å². The van der Waals surface area contributed by atoms with Crippen LogP contribution in [0.25, 0.3) is 0 Å². The molecule has 1 aromatic carbocycles. The molecular formula is C17H17N3O4S. The highest BCUT2D eigenvalue weighted by atomic mass is 32.2. The zero-order chi connectivity index (χ0) is 17.6. The van der Waals surface area contributed by atoms with Gasteiger partial charge in [-0.05, 0) is 37.1 Å². The molecule has 1 saturated heterocycles. The maximum absolute atomic E-state index is 13.2. The fraction of sp³-hybridized carbons (Fsp3) is 0.353. The summed E-state index contributed by atoms with van der Waals surface area (Å²) in [7, 11) is -2.37. The Morgan fingerprint density at radius 2 is 2.00 bits per heavy atom. The first-order valence-corrected chi connectivity index (χ1v) is 9.47. The number of carbonyl (C=O) groups excluding carboxylic acids is 1. The Labute approximate surface area is 145 Å². The number of nitrogens with zero attached hydrogens (tertiary/aromatic N) is 3. The van der Waals surface area contributed by atoms with Crippen LogP contribution < -0.4 is 0 Å². The first-order valence-electron chi connectivity index (χ1n) is 8.03. The number of carbonyl (C=O) groups is 1. The molecule has 1 aromatic heterocycles. The molecule has 4 rings (SSSR count). The Morgan fingerprint density at radius 1 is 1.24 bits per heavy atom. The van der Waals surface area contributed by atoms with Gasteiger partial charge in [0.2, 0.25) is 10.0 Å². The van der Waals surface area contributed by atoms with E-state index in [1.54, 1.807) is 10.5 Å². The molecule has 0 N–H and O–H groups in total. The average Bonchev–Trinajstić information content (AvgIpc) is 2.97. The van der Waals surface area contributed by atoms with Gasteiger partial charge in [0.25, 0.3) is 0 Å². The van der Waals surface area contributed by atoms with E-state index in [1.165, 1.54) is 37.7 Å². The molecule has 2 aliphatic heterocycles. The molecule has 2 atom stereocenters. The molecule has 1 fully saturated rings. The molecule has 0 aliphatic carbocycles. The highest BCUT2D eigenvalue weighted by Gasteiger charge is 2.47. The van der Waals surface area contributed by atoms with Crippen molar-refractivity contribution in [1.29, 1.82) is 0 Å². The van der Waals surface area contributed by atoms with E-state index in [4.69, 9.17) is 0 Å². The molecule has 3 heterocycles. The third-order valence-electron chi connectivity index (χ3n) is 4.91. The lowest BCUT2D eigenvalue weighted by molar-refractivity contribution is 0.0600. The second-order valence-electron chi connectivity index (χ2n) is 6.23. The van der Waals surface area contributed by atoms with Gasteiger partial charge < -0.3 is 4.74 Å². The minimum atomic E-state index is -3.66. The zero-order valence-corrected chi connectivity index (χ0v) is 14.4. The minimum Gasteiger partial charge on any atom is -0.465 e. The minimum absolute atomic E-state index is 0.0855. The van der Waals surface area contributed by atoms with Crippen LogP contribution in [0.15, 0.2) is 41.7 Å². The molecule has 2 aromatic rings. The fourth-order valence-corrected chi connectivity index (χ4v) is 5.60. The van der Waals surface area contributed by atoms with Crippen molar-refractivity contribution >= 4 is 16.0 Å². The van der Waals surface area contributed by atoms with Crippen LogP contribution in [-0.2, 0) is 21.2 Å². The smallest absolute Gasteiger partial charge is 0.337 e. The lowest BCUT2D eigenvalue weighted by Crippen LogP contribution is -2.42. The van der Waals surface area contributed by atoms with E-state index in [-0.39, 0.29) is 17.0 Å². The highest BCUT2D eigenvalue weighted by Crippen LogP contribution is 2.45. The lowest BCUT2D eigenvalue weighted by atomic mass is 10.0. The predicted octanol–water partition coefficient (Wildman–Crippen LogP) is 1.71. The number of esters is 1. The maximum Gasteiger partial charge on any atom is 0.337 e. The summed E-state index contributed by atoms with van der Waals surface area (Å²) < 4.78 is 32.6. The molecule has 0 amide bonds. The Morgan fingerprint density at radius 3 is 2.72 bits per heavy atom. The standard InChI is InChI=1S/C17H17N3O4S/c1-24-17(21)11-2-5-13(6-3-11)25(22,23)20-12-4-7-16(20)14-9-18-10-19-15(14)8-12/h2-3,5-6,9-10,12,16H,4,7-8H2,1H3. The van der Waals surface area contributed by atoms with Gasteiger partial charge in [0, 0.05) is 24.2 Å². The summed E-state index contributed by atoms with van der Waals surface area (Å²) in [6, 6.07) is 5.55. The molecule has 2 aliphatic rings. The maximum atomic E-state index is 13.2. The molecule has 25 heavy (non-hydrogen) atoms. The number of ether oxygens (including phenoxy) is 1. The topological polar surface area (TPSA) is 89.5 Å². The van der Waals surface area contributed by atoms with Crippen molar-refractivity contribution in [2.24, 2.45) is 0 Å². The van der Waals surface area contributed by atoms with Crippen LogP contribution in [0.1, 0.15) is 40.5 Å². The number of methoxy groups -OCH3 is 1. The third-order valence-corrected chi connectivity index (χ3v) is 6.88. The Kier molecular flexibility index (Phi) is 3.81. The number of hydrogen-bond acceptors (Lipinski definition) is 6. The van der Waals surface area contributed by atoms with E-state index in [2.05, 4.69) is 14.7 Å². The molecule has 2 bridgehead atoms. The van der Waals surface area contributed by atoms with E-state index in [9.17, 15) is 13.2 Å². The van der Waals surface area contributed by atoms with Crippen LogP contribution in [0, 0.1) is 0 Å². The number of hydrogen-bond donors (Lipinski definition) is 0. The van der Waals surface area contributed by atoms with Gasteiger partial charge in [-0.1, -0.05) is 0 Å². The van der Waals surface area contributed by atoms with Gasteiger partial charge in [-0.15, -0.1) is 0 Å². The number of aromatic nitrogens is 2.